The molecule has 2 fully saturated rings. The molecule has 0 saturated heterocycles. The first kappa shape index (κ1) is 26.5. The largest absolute Gasteiger partial charge is 0.496 e. The number of nitrogens with zero attached hydrogens (tertiary/aromatic N) is 3. The van der Waals surface area contributed by atoms with E-state index >= 15 is 0 Å². The van der Waals surface area contributed by atoms with Crippen LogP contribution in [-0.2, 0) is 4.79 Å². The van der Waals surface area contributed by atoms with E-state index < -0.39 is 0 Å². The first-order valence-corrected chi connectivity index (χ1v) is 14.2. The molecule has 2 aliphatic rings. The summed E-state index contributed by atoms with van der Waals surface area (Å²) >= 11 is 0. The molecule has 0 atom stereocenters. The third-order valence-corrected chi connectivity index (χ3v) is 8.64. The van der Waals surface area contributed by atoms with Gasteiger partial charge in [0.05, 0.1) is 25.2 Å². The van der Waals surface area contributed by atoms with Crippen molar-refractivity contribution in [2.75, 3.05) is 18.6 Å². The van der Waals surface area contributed by atoms with Gasteiger partial charge in [0.15, 0.2) is 0 Å². The van der Waals surface area contributed by atoms with Crippen LogP contribution in [0.3, 0.4) is 0 Å². The van der Waals surface area contributed by atoms with Gasteiger partial charge in [-0.1, -0.05) is 18.2 Å². The number of imidazole rings is 1. The maximum Gasteiger partial charge on any atom is 0.230 e. The van der Waals surface area contributed by atoms with Crippen molar-refractivity contribution in [1.29, 1.82) is 0 Å². The van der Waals surface area contributed by atoms with E-state index in [2.05, 4.69) is 53.2 Å². The molecule has 0 aliphatic heterocycles. The van der Waals surface area contributed by atoms with Crippen LogP contribution in [0, 0.1) is 25.7 Å². The van der Waals surface area contributed by atoms with E-state index in [1.165, 1.54) is 11.1 Å². The van der Waals surface area contributed by atoms with Gasteiger partial charge in [-0.2, -0.15) is 0 Å². The lowest BCUT2D eigenvalue weighted by atomic mass is 9.78. The zero-order chi connectivity index (χ0) is 26.6. The molecule has 0 radical (unpaired) electrons. The van der Waals surface area contributed by atoms with E-state index in [-0.39, 0.29) is 17.9 Å². The molecule has 2 saturated carbocycles. The fourth-order valence-corrected chi connectivity index (χ4v) is 6.34. The van der Waals surface area contributed by atoms with E-state index in [0.717, 1.165) is 67.9 Å². The minimum absolute atomic E-state index is 0.0174. The molecule has 202 valence electrons. The normalized spacial score (nSPS) is 23.7. The highest BCUT2D eigenvalue weighted by Gasteiger charge is 2.32. The summed E-state index contributed by atoms with van der Waals surface area (Å²) in [6, 6.07) is 14.9. The lowest BCUT2D eigenvalue weighted by molar-refractivity contribution is -0.124. The fraction of sp³-hybridized carbons (Fsp3) is 0.500. The number of ether oxygens (including phenoxy) is 1. The number of aliphatic hydroxyl groups is 1. The molecule has 1 heterocycles. The molecule has 5 rings (SSSR count). The van der Waals surface area contributed by atoms with Gasteiger partial charge in [0.25, 0.3) is 0 Å². The Morgan fingerprint density at radius 1 is 1.03 bits per heavy atom. The Bertz CT molecular complexity index is 1240. The fourth-order valence-electron chi connectivity index (χ4n) is 6.34. The number of aromatic nitrogens is 2. The number of hydrogen-bond acceptors (Lipinski definition) is 4. The summed E-state index contributed by atoms with van der Waals surface area (Å²) in [6.45, 7) is 4.84. The first-order chi connectivity index (χ1) is 18.4. The molecule has 1 aromatic heterocycles. The van der Waals surface area contributed by atoms with Gasteiger partial charge in [-0.15, -0.1) is 0 Å². The van der Waals surface area contributed by atoms with Crippen LogP contribution in [0.15, 0.2) is 55.0 Å². The lowest BCUT2D eigenvalue weighted by Gasteiger charge is -2.36. The Labute approximate surface area is 226 Å². The molecule has 0 spiro atoms. The van der Waals surface area contributed by atoms with E-state index in [0.29, 0.717) is 24.7 Å². The monoisotopic (exact) mass is 515 g/mol. The number of carbonyl (C=O) groups excluding carboxylic acids is 1. The Morgan fingerprint density at radius 2 is 1.79 bits per heavy atom. The van der Waals surface area contributed by atoms with Crippen molar-refractivity contribution in [2.45, 2.75) is 77.2 Å². The van der Waals surface area contributed by atoms with Gasteiger partial charge >= 0.3 is 0 Å². The number of aliphatic hydroxyl groups excluding tert-OH is 1. The number of methoxy groups -OCH3 is 1. The quantitative estimate of drug-likeness (QED) is 0.398. The van der Waals surface area contributed by atoms with Crippen molar-refractivity contribution >= 4 is 11.6 Å². The smallest absolute Gasteiger partial charge is 0.230 e. The molecular formula is C32H41N3O3. The zero-order valence-electron chi connectivity index (χ0n) is 23.0. The molecule has 0 unspecified atom stereocenters. The zero-order valence-corrected chi connectivity index (χ0v) is 23.0. The third-order valence-electron chi connectivity index (χ3n) is 8.64. The van der Waals surface area contributed by atoms with Crippen LogP contribution >= 0.6 is 0 Å². The van der Waals surface area contributed by atoms with Crippen LogP contribution < -0.4 is 9.64 Å². The summed E-state index contributed by atoms with van der Waals surface area (Å²) in [5, 5.41) is 10.0. The lowest BCUT2D eigenvalue weighted by Crippen LogP contribution is -2.41. The minimum Gasteiger partial charge on any atom is -0.496 e. The van der Waals surface area contributed by atoms with E-state index in [4.69, 9.17) is 4.74 Å². The maximum atomic E-state index is 13.9. The molecule has 3 aromatic rings. The number of rotatable bonds is 7. The molecule has 1 N–H and O–H groups in total. The molecule has 2 aromatic carbocycles. The molecular weight excluding hydrogens is 474 g/mol. The Morgan fingerprint density at radius 3 is 2.45 bits per heavy atom. The molecule has 2 aliphatic carbocycles. The summed E-state index contributed by atoms with van der Waals surface area (Å²) < 4.78 is 7.46. The standard InChI is InChI=1S/C32H41N3O3/c1-22-17-27(13-16-31(22)38-3)25-9-7-24(8-10-25)20-35(32(37)26-11-14-30(36)15-12-26)29-6-4-5-28(18-29)34-19-23(2)33-21-34/h4-6,13,16-19,21,24-26,30,36H,7-12,14-15,20H2,1-3H3/t24-,25-,26-,30-. The Kier molecular flexibility index (Phi) is 8.18. The molecule has 0 bridgehead atoms. The minimum atomic E-state index is -0.267. The van der Waals surface area contributed by atoms with Crippen molar-refractivity contribution in [3.8, 4) is 11.4 Å². The predicted octanol–water partition coefficient (Wildman–Crippen LogP) is 6.36. The van der Waals surface area contributed by atoms with Crippen LogP contribution in [0.1, 0.15) is 74.1 Å². The summed E-state index contributed by atoms with van der Waals surface area (Å²) in [5.41, 5.74) is 5.53. The number of benzene rings is 2. The van der Waals surface area contributed by atoms with Crippen LogP contribution in [0.25, 0.3) is 5.69 Å². The topological polar surface area (TPSA) is 67.6 Å². The highest BCUT2D eigenvalue weighted by Crippen LogP contribution is 2.38. The SMILES string of the molecule is COc1ccc([C@H]2CC[C@H](CN(c3cccc(-n4cnc(C)c4)c3)C(=O)[C@H]3CC[C@H](O)CC3)CC2)cc1C. The van der Waals surface area contributed by atoms with Gasteiger partial charge in [0.1, 0.15) is 5.75 Å². The number of hydrogen-bond donors (Lipinski definition) is 1. The molecule has 6 heteroatoms. The molecule has 1 amide bonds. The summed E-state index contributed by atoms with van der Waals surface area (Å²) in [7, 11) is 1.72. The van der Waals surface area contributed by atoms with Crippen molar-refractivity contribution < 1.29 is 14.6 Å². The maximum absolute atomic E-state index is 13.9. The number of anilines is 1. The van der Waals surface area contributed by atoms with E-state index in [1.807, 2.05) is 30.1 Å². The highest BCUT2D eigenvalue weighted by molar-refractivity contribution is 5.95. The molecule has 38 heavy (non-hydrogen) atoms. The van der Waals surface area contributed by atoms with Crippen LogP contribution in [0.2, 0.25) is 0 Å². The second-order valence-electron chi connectivity index (χ2n) is 11.3. The second kappa shape index (κ2) is 11.7. The van der Waals surface area contributed by atoms with Gasteiger partial charge in [-0.3, -0.25) is 4.79 Å². The summed E-state index contributed by atoms with van der Waals surface area (Å²) in [6.07, 6.45) is 11.0. The van der Waals surface area contributed by atoms with Gasteiger partial charge < -0.3 is 19.3 Å². The Balaban J connectivity index is 1.32. The number of aryl methyl sites for hydroxylation is 2. The molecule has 6 nitrogen and oxygen atoms in total. The van der Waals surface area contributed by atoms with Crippen molar-refractivity contribution in [1.82, 2.24) is 9.55 Å². The van der Waals surface area contributed by atoms with Crippen molar-refractivity contribution in [3.63, 3.8) is 0 Å². The average molecular weight is 516 g/mol. The highest BCUT2D eigenvalue weighted by atomic mass is 16.5. The van der Waals surface area contributed by atoms with E-state index in [1.54, 1.807) is 7.11 Å². The van der Waals surface area contributed by atoms with Crippen LogP contribution in [0.5, 0.6) is 5.75 Å². The summed E-state index contributed by atoms with van der Waals surface area (Å²) in [4.78, 5) is 20.4. The summed E-state index contributed by atoms with van der Waals surface area (Å²) in [5.74, 6) is 2.18. The van der Waals surface area contributed by atoms with Gasteiger partial charge in [0, 0.05) is 30.0 Å². The third kappa shape index (κ3) is 5.96. The Hall–Kier alpha value is -3.12. The first-order valence-electron chi connectivity index (χ1n) is 14.2. The average Bonchev–Trinajstić information content (AvgIpc) is 3.38. The van der Waals surface area contributed by atoms with Gasteiger partial charge in [-0.25, -0.2) is 4.98 Å². The van der Waals surface area contributed by atoms with Crippen LogP contribution in [0.4, 0.5) is 5.69 Å². The van der Waals surface area contributed by atoms with Gasteiger partial charge in [0.2, 0.25) is 5.91 Å². The number of amides is 1. The second-order valence-corrected chi connectivity index (χ2v) is 11.3. The van der Waals surface area contributed by atoms with Gasteiger partial charge in [-0.05, 0) is 112 Å². The van der Waals surface area contributed by atoms with Crippen molar-refractivity contribution in [2.24, 2.45) is 11.8 Å². The number of carbonyl (C=O) groups is 1. The predicted molar refractivity (Wildman–Crippen MR) is 151 cm³/mol. The van der Waals surface area contributed by atoms with Crippen molar-refractivity contribution in [3.05, 3.63) is 71.8 Å². The van der Waals surface area contributed by atoms with E-state index in [9.17, 15) is 9.90 Å². The van der Waals surface area contributed by atoms with Crippen LogP contribution in [-0.4, -0.2) is 40.3 Å².